The molecule has 0 spiro atoms. The Balaban J connectivity index is 0.000000152. The second-order valence-electron chi connectivity index (χ2n) is 23.8. The van der Waals surface area contributed by atoms with E-state index in [-0.39, 0.29) is 117 Å². The molecular weight excluding hydrogens is 1570 g/mol. The van der Waals surface area contributed by atoms with Crippen molar-refractivity contribution in [3.05, 3.63) is 200 Å². The molecule has 117 heavy (non-hydrogen) atoms. The lowest BCUT2D eigenvalue weighted by molar-refractivity contribution is 1.07. The van der Waals surface area contributed by atoms with Crippen LogP contribution in [0.15, 0.2) is 124 Å². The minimum Gasteiger partial charge on any atom is -0.393 e. The molecule has 0 fully saturated rings. The molecule has 51 nitrogen and oxygen atoms in total. The quantitative estimate of drug-likeness (QED) is 0.113. The highest BCUT2D eigenvalue weighted by Gasteiger charge is 2.14. The largest absolute Gasteiger partial charge is 0.393 e. The van der Waals surface area contributed by atoms with Crippen molar-refractivity contribution in [2.24, 2.45) is 0 Å². The average molecular weight is 1640 g/mol. The van der Waals surface area contributed by atoms with Crippen molar-refractivity contribution >= 4 is 161 Å². The molecule has 0 atom stereocenters. The van der Waals surface area contributed by atoms with Crippen molar-refractivity contribution in [1.29, 1.82) is 0 Å². The van der Waals surface area contributed by atoms with Gasteiger partial charge in [0.05, 0.1) is 12.0 Å². The van der Waals surface area contributed by atoms with E-state index in [0.29, 0.717) is 123 Å². The molecular formula is C64H74N42O9S2. The van der Waals surface area contributed by atoms with Crippen molar-refractivity contribution in [2.75, 3.05) is 57.3 Å². The Morgan fingerprint density at radius 3 is 0.974 bits per heavy atom. The van der Waals surface area contributed by atoms with Gasteiger partial charge in [0, 0.05) is 21.6 Å². The van der Waals surface area contributed by atoms with E-state index >= 15 is 0 Å². The monoisotopic (exact) mass is 1640 g/mol. The summed E-state index contributed by atoms with van der Waals surface area (Å²) in [5.41, 5.74) is 58.9. The van der Waals surface area contributed by atoms with Crippen LogP contribution in [0.1, 0.15) is 53.2 Å². The van der Waals surface area contributed by atoms with Crippen LogP contribution in [0.25, 0.3) is 78.1 Å². The number of nitrogen functional groups attached to an aromatic ring is 10. The van der Waals surface area contributed by atoms with Gasteiger partial charge in [-0.1, -0.05) is 66.8 Å². The van der Waals surface area contributed by atoms with E-state index in [2.05, 4.69) is 159 Å². The summed E-state index contributed by atoms with van der Waals surface area (Å²) >= 11 is 2.89. The molecule has 16 aromatic heterocycles. The van der Waals surface area contributed by atoms with Crippen LogP contribution in [-0.2, 0) is 0 Å². The molecule has 53 heteroatoms. The average Bonchev–Trinajstić information content (AvgIpc) is 1.70. The molecule has 0 aliphatic heterocycles. The van der Waals surface area contributed by atoms with Crippen LogP contribution in [0.3, 0.4) is 0 Å². The van der Waals surface area contributed by atoms with Crippen LogP contribution in [0.5, 0.6) is 0 Å². The third kappa shape index (κ3) is 22.1. The standard InChI is InChI=1S/2C12H11N5OS.4C6H7N5O.C5H5N5O.C5H8N4O.C5H7N3O.CH4/c1-6-2-4-7(5-3-6)19-12-14-8-9(16-12)15-11(13)17-10(8)18;1-6-4-2-3-5-7(6)19-12-14-8-9(16-12)15-11(13)17-10(8)18;4*1-2-8-3-4(9-2)10-6(7)11-5(3)12;6-5-9-3-2(4(11)10-5)7-1-8-3;1-2-3(6)4(10)9-5(7)8-2;1-3-2-4(9)8-5(6)7-3;/h2*2-5H,1H3,(H4,13,14,15,16,17,18);4*1H3,(H4,7,8,9,10,11,12);1H,(H4,6,7,8,9,10,11);6H2,1H3,(H3,7,8,9,10);2H,1H3,(H3,6,7,8,9);1H4. The number of aromatic nitrogens is 32. The van der Waals surface area contributed by atoms with Gasteiger partial charge < -0.3 is 92.2 Å². The number of nitrogens with one attached hydrogen (secondary N) is 16. The van der Waals surface area contributed by atoms with Crippen LogP contribution in [0, 0.1) is 55.4 Å². The number of nitrogens with two attached hydrogens (primary N) is 10. The van der Waals surface area contributed by atoms with E-state index in [1.165, 1.54) is 41.5 Å². The Hall–Kier alpha value is -16.6. The van der Waals surface area contributed by atoms with Gasteiger partial charge in [0.2, 0.25) is 53.5 Å². The summed E-state index contributed by atoms with van der Waals surface area (Å²) in [5.74, 6) is 3.39. The number of imidazole rings is 7. The van der Waals surface area contributed by atoms with Crippen molar-refractivity contribution in [3.8, 4) is 0 Å². The summed E-state index contributed by atoms with van der Waals surface area (Å²) in [6, 6.07) is 17.4. The lowest BCUT2D eigenvalue weighted by Crippen LogP contribution is -2.16. The van der Waals surface area contributed by atoms with Crippen LogP contribution in [-0.4, -0.2) is 159 Å². The van der Waals surface area contributed by atoms with Gasteiger partial charge in [-0.2, -0.15) is 34.9 Å². The van der Waals surface area contributed by atoms with E-state index in [4.69, 9.17) is 57.3 Å². The maximum Gasteiger partial charge on any atom is 0.278 e. The summed E-state index contributed by atoms with van der Waals surface area (Å²) < 4.78 is 0. The molecule has 0 saturated carbocycles. The number of hydrogen-bond acceptors (Lipinski definition) is 37. The van der Waals surface area contributed by atoms with Gasteiger partial charge in [0.15, 0.2) is 88.5 Å². The Kier molecular flexibility index (Phi) is 26.3. The Bertz CT molecular complexity index is 6800. The topological polar surface area (TPSA) is 873 Å². The second kappa shape index (κ2) is 36.5. The molecule has 0 bridgehead atoms. The summed E-state index contributed by atoms with van der Waals surface area (Å²) in [6.45, 7) is 14.4. The number of H-pyrrole nitrogens is 16. The van der Waals surface area contributed by atoms with Gasteiger partial charge in [0.1, 0.15) is 29.0 Å². The third-order valence-corrected chi connectivity index (χ3v) is 16.6. The van der Waals surface area contributed by atoms with Crippen LogP contribution in [0.4, 0.5) is 59.2 Å². The van der Waals surface area contributed by atoms with Crippen molar-refractivity contribution in [3.63, 3.8) is 0 Å². The first-order valence-corrected chi connectivity index (χ1v) is 34.6. The number of nitrogens with zero attached hydrogens (tertiary/aromatic N) is 16. The van der Waals surface area contributed by atoms with Gasteiger partial charge in [0.25, 0.3) is 50.0 Å². The normalized spacial score (nSPS) is 10.5. The fourth-order valence-corrected chi connectivity index (χ4v) is 11.3. The number of rotatable bonds is 4. The molecule has 16 heterocycles. The molecule has 18 aromatic rings. The molecule has 0 unspecified atom stereocenters. The fraction of sp³-hybridized carbons (Fsp3) is 0.141. The first-order chi connectivity index (χ1) is 55.0. The van der Waals surface area contributed by atoms with Gasteiger partial charge in [-0.3, -0.25) is 88.0 Å². The molecule has 18 rings (SSSR count). The van der Waals surface area contributed by atoms with E-state index in [1.54, 1.807) is 41.5 Å². The zero-order valence-electron chi connectivity index (χ0n) is 61.7. The van der Waals surface area contributed by atoms with Gasteiger partial charge in [-0.05, 0) is 79.2 Å². The smallest absolute Gasteiger partial charge is 0.278 e. The lowest BCUT2D eigenvalue weighted by Gasteiger charge is -2.01. The number of fused-ring (bicyclic) bond motifs is 7. The van der Waals surface area contributed by atoms with Crippen molar-refractivity contribution < 1.29 is 0 Å². The lowest BCUT2D eigenvalue weighted by atomic mass is 10.2. The molecule has 0 saturated heterocycles. The van der Waals surface area contributed by atoms with Crippen LogP contribution < -0.4 is 107 Å². The van der Waals surface area contributed by atoms with Gasteiger partial charge in [-0.25, -0.2) is 44.9 Å². The zero-order valence-corrected chi connectivity index (χ0v) is 63.3. The molecule has 606 valence electrons. The first-order valence-electron chi connectivity index (χ1n) is 33.0. The number of anilines is 10. The predicted molar refractivity (Wildman–Crippen MR) is 441 cm³/mol. The zero-order chi connectivity index (χ0) is 84.1. The highest BCUT2D eigenvalue weighted by Crippen LogP contribution is 2.29. The molecule has 2 aromatic carbocycles. The summed E-state index contributed by atoms with van der Waals surface area (Å²) in [5, 5.41) is 1.23. The number of aryl methyl sites for hydroxylation is 8. The van der Waals surface area contributed by atoms with Crippen molar-refractivity contribution in [2.45, 2.75) is 82.9 Å². The maximum absolute atomic E-state index is 11.7. The summed E-state index contributed by atoms with van der Waals surface area (Å²) in [6.07, 6.45) is 1.40. The number of benzene rings is 2. The number of aromatic amines is 16. The van der Waals surface area contributed by atoms with Crippen molar-refractivity contribution in [1.82, 2.24) is 159 Å². The maximum atomic E-state index is 11.7. The number of hydrogen-bond donors (Lipinski definition) is 26. The van der Waals surface area contributed by atoms with E-state index < -0.39 is 0 Å². The van der Waals surface area contributed by atoms with Crippen LogP contribution in [0.2, 0.25) is 0 Å². The second-order valence-corrected chi connectivity index (χ2v) is 25.9. The van der Waals surface area contributed by atoms with E-state index in [9.17, 15) is 43.2 Å². The molecule has 0 aliphatic rings. The van der Waals surface area contributed by atoms with Crippen LogP contribution >= 0.6 is 23.5 Å². The molecule has 0 radical (unpaired) electrons. The first kappa shape index (κ1) is 84.4. The minimum absolute atomic E-state index is 0. The van der Waals surface area contributed by atoms with E-state index in [0.717, 1.165) is 15.4 Å². The third-order valence-electron chi connectivity index (χ3n) is 14.6. The highest BCUT2D eigenvalue weighted by molar-refractivity contribution is 7.99. The van der Waals surface area contributed by atoms with Gasteiger partial charge >= 0.3 is 0 Å². The summed E-state index contributed by atoms with van der Waals surface area (Å²) in [7, 11) is 0. The molecule has 36 N–H and O–H groups in total. The molecule has 0 amide bonds. The predicted octanol–water partition coefficient (Wildman–Crippen LogP) is 0.291. The van der Waals surface area contributed by atoms with E-state index in [1.807, 2.05) is 62.4 Å². The Morgan fingerprint density at radius 2 is 0.615 bits per heavy atom. The highest BCUT2D eigenvalue weighted by atomic mass is 32.2. The molecule has 0 aliphatic carbocycles. The Labute approximate surface area is 657 Å². The summed E-state index contributed by atoms with van der Waals surface area (Å²) in [4.78, 5) is 206. The Morgan fingerprint density at radius 1 is 0.299 bits per heavy atom. The van der Waals surface area contributed by atoms with Gasteiger partial charge in [-0.15, -0.1) is 0 Å². The fourth-order valence-electron chi connectivity index (χ4n) is 9.63. The minimum atomic E-state index is -0.384. The SMILES string of the molecule is C.Cc1cc(=O)[nH]c(N)n1.Cc1ccc(Sc2nc3nc(N)[nH]c(=O)c3[nH]2)cc1.Cc1ccccc1Sc1nc2nc(N)[nH]c(=O)c2[nH]1.Cc1nc(N)[nH]c(=O)c1N.Cc1nc2nc(N)[nH]c(=O)c2[nH]1.Cc1nc2nc(N)[nH]c(=O)c2[nH]1.Cc1nc2nc(N)[nH]c(=O)c2[nH]1.Cc1nc2nc(N)[nH]c(=O)c2[nH]1.Nc1nc2nc[nH]c2c(=O)[nH]1.